The van der Waals surface area contributed by atoms with Crippen molar-refractivity contribution in [3.05, 3.63) is 45.7 Å². The molecule has 2 saturated carbocycles. The number of rotatable bonds is 8. The number of fused-ring (bicyclic) bond motifs is 3. The maximum absolute atomic E-state index is 13.8. The van der Waals surface area contributed by atoms with Crippen molar-refractivity contribution < 1.29 is 22.4 Å². The summed E-state index contributed by atoms with van der Waals surface area (Å²) in [6.07, 6.45) is 1.76. The number of carbonyl (C=O) groups is 1. The zero-order chi connectivity index (χ0) is 27.5. The molecule has 1 aromatic carbocycles. The van der Waals surface area contributed by atoms with Gasteiger partial charge in [-0.3, -0.25) is 4.90 Å². The fourth-order valence-corrected chi connectivity index (χ4v) is 8.33. The third-order valence-electron chi connectivity index (χ3n) is 9.36. The number of hydrogen-bond donors (Lipinski definition) is 2. The molecule has 2 aliphatic heterocycles. The van der Waals surface area contributed by atoms with Crippen molar-refractivity contribution >= 4 is 23.1 Å². The first kappa shape index (κ1) is 26.9. The number of likely N-dealkylation sites (N-methyl/N-ethyl adjacent to an activating group) is 1. The second kappa shape index (κ2) is 9.97. The van der Waals surface area contributed by atoms with Crippen molar-refractivity contribution in [3.8, 4) is 0 Å². The Balaban J connectivity index is 1.17. The highest BCUT2D eigenvalue weighted by molar-refractivity contribution is 7.11. The molecule has 5 atom stereocenters. The van der Waals surface area contributed by atoms with Crippen LogP contribution in [0.2, 0.25) is 0 Å². The lowest BCUT2D eigenvalue weighted by molar-refractivity contribution is -0.139. The molecule has 4 fully saturated rings. The third-order valence-corrected chi connectivity index (χ3v) is 10.6. The number of benzene rings is 1. The molecule has 3 heterocycles. The molecule has 212 valence electrons. The first-order valence-electron chi connectivity index (χ1n) is 13.6. The van der Waals surface area contributed by atoms with Gasteiger partial charge in [-0.1, -0.05) is 0 Å². The Morgan fingerprint density at radius 1 is 1.31 bits per heavy atom. The molecule has 12 heteroatoms. The molecule has 2 aliphatic carbocycles. The lowest BCUT2D eigenvalue weighted by atomic mass is 10.0. The molecule has 2 amide bonds. The van der Waals surface area contributed by atoms with Gasteiger partial charge in [-0.15, -0.1) is 11.3 Å². The topological polar surface area (TPSA) is 77.7 Å². The van der Waals surface area contributed by atoms with Gasteiger partial charge in [-0.25, -0.2) is 14.2 Å². The van der Waals surface area contributed by atoms with Gasteiger partial charge in [0.2, 0.25) is 0 Å². The van der Waals surface area contributed by atoms with Crippen molar-refractivity contribution in [2.24, 2.45) is 11.7 Å². The summed E-state index contributed by atoms with van der Waals surface area (Å²) in [7, 11) is 2.16. The number of urea groups is 1. The van der Waals surface area contributed by atoms with Gasteiger partial charge in [0, 0.05) is 73.0 Å². The van der Waals surface area contributed by atoms with Crippen molar-refractivity contribution in [1.82, 2.24) is 19.7 Å². The largest absolute Gasteiger partial charge is 0.419 e. The number of anilines is 1. The van der Waals surface area contributed by atoms with Crippen molar-refractivity contribution in [3.63, 3.8) is 0 Å². The Kier molecular flexibility index (Phi) is 6.88. The highest BCUT2D eigenvalue weighted by Crippen LogP contribution is 2.66. The number of halogens is 4. The Morgan fingerprint density at radius 2 is 2.13 bits per heavy atom. The lowest BCUT2D eigenvalue weighted by Crippen LogP contribution is -2.47. The predicted molar refractivity (Wildman–Crippen MR) is 141 cm³/mol. The minimum Gasteiger partial charge on any atom is -0.325 e. The molecule has 2 bridgehead atoms. The van der Waals surface area contributed by atoms with Gasteiger partial charge in [0.1, 0.15) is 10.8 Å². The van der Waals surface area contributed by atoms with E-state index in [9.17, 15) is 22.4 Å². The number of nitrogens with zero attached hydrogens (tertiary/aromatic N) is 4. The number of nitrogens with two attached hydrogens (primary N) is 1. The number of thiazole rings is 1. The van der Waals surface area contributed by atoms with Crippen LogP contribution in [-0.2, 0) is 18.1 Å². The van der Waals surface area contributed by atoms with E-state index in [-0.39, 0.29) is 23.1 Å². The van der Waals surface area contributed by atoms with Gasteiger partial charge in [0.05, 0.1) is 5.56 Å². The molecule has 0 spiro atoms. The number of nitrogens with one attached hydrogen (secondary N) is 1. The SMILES string of the molecule is CN1C[C@@H]2C[C@H]1CN2CCCN(C(=O)Nc1ccc(F)c(C(F)(F)F)c1)[C@@H]1CC[C@]2(c3cnc(CN)s3)C[C@H]12. The van der Waals surface area contributed by atoms with E-state index >= 15 is 0 Å². The molecule has 3 N–H and O–H groups in total. The lowest BCUT2D eigenvalue weighted by Gasteiger charge is -2.34. The van der Waals surface area contributed by atoms with Crippen LogP contribution < -0.4 is 11.1 Å². The Hall–Kier alpha value is -2.28. The van der Waals surface area contributed by atoms with Crippen LogP contribution in [0.15, 0.2) is 24.4 Å². The minimum absolute atomic E-state index is 0.00625. The predicted octanol–water partition coefficient (Wildman–Crippen LogP) is 4.49. The number of hydrogen-bond acceptors (Lipinski definition) is 6. The van der Waals surface area contributed by atoms with E-state index in [4.69, 9.17) is 5.73 Å². The number of likely N-dealkylation sites (tertiary alicyclic amines) is 2. The molecule has 39 heavy (non-hydrogen) atoms. The molecule has 6 rings (SSSR count). The number of aromatic nitrogens is 1. The Morgan fingerprint density at radius 3 is 2.77 bits per heavy atom. The number of alkyl halides is 3. The highest BCUT2D eigenvalue weighted by atomic mass is 32.1. The van der Waals surface area contributed by atoms with Crippen LogP contribution in [0, 0.1) is 11.7 Å². The summed E-state index contributed by atoms with van der Waals surface area (Å²) in [5, 5.41) is 3.54. The summed E-state index contributed by atoms with van der Waals surface area (Å²) in [4.78, 5) is 26.0. The Labute approximate surface area is 229 Å². The number of amides is 2. The summed E-state index contributed by atoms with van der Waals surface area (Å²) < 4.78 is 53.7. The number of carbonyl (C=O) groups excluding carboxylic acids is 1. The van der Waals surface area contributed by atoms with Crippen LogP contribution >= 0.6 is 11.3 Å². The van der Waals surface area contributed by atoms with E-state index in [1.54, 1.807) is 11.3 Å². The van der Waals surface area contributed by atoms with E-state index in [0.29, 0.717) is 31.2 Å². The van der Waals surface area contributed by atoms with E-state index in [1.165, 1.54) is 17.4 Å². The standard InChI is InChI=1S/C27H34F4N6OS/c1-35-14-18-10-17(35)15-36(18)7-2-8-37(25(38)34-16-3-4-21(28)19(9-16)27(29,30)31)22-5-6-26(11-20(22)26)23-13-33-24(12-32)39-23/h3-4,9,13,17-18,20,22H,2,5-8,10-12,14-15,32H2,1H3,(H,34,38)/t17-,18-,20+,22+,26-/m0/s1. The Bertz CT molecular complexity index is 1240. The van der Waals surface area contributed by atoms with Gasteiger partial charge in [-0.2, -0.15) is 13.2 Å². The normalized spacial score (nSPS) is 30.1. The molecule has 0 unspecified atom stereocenters. The summed E-state index contributed by atoms with van der Waals surface area (Å²) in [6.45, 7) is 3.89. The van der Waals surface area contributed by atoms with E-state index < -0.39 is 23.6 Å². The third kappa shape index (κ3) is 4.93. The van der Waals surface area contributed by atoms with Crippen LogP contribution in [0.3, 0.4) is 0 Å². The van der Waals surface area contributed by atoms with Crippen molar-refractivity contribution in [2.45, 2.75) is 68.4 Å². The first-order valence-corrected chi connectivity index (χ1v) is 14.4. The first-order chi connectivity index (χ1) is 18.6. The van der Waals surface area contributed by atoms with Crippen LogP contribution in [0.1, 0.15) is 47.6 Å². The minimum atomic E-state index is -4.84. The maximum Gasteiger partial charge on any atom is 0.419 e. The highest BCUT2D eigenvalue weighted by Gasteiger charge is 2.65. The molecule has 2 aromatic rings. The quantitative estimate of drug-likeness (QED) is 0.461. The van der Waals surface area contributed by atoms with E-state index in [0.717, 1.165) is 56.4 Å². The zero-order valence-corrected chi connectivity index (χ0v) is 22.7. The van der Waals surface area contributed by atoms with E-state index in [2.05, 4.69) is 27.1 Å². The molecule has 2 saturated heterocycles. The fraction of sp³-hybridized carbons (Fsp3) is 0.630. The van der Waals surface area contributed by atoms with Crippen LogP contribution in [0.5, 0.6) is 0 Å². The fourth-order valence-electron chi connectivity index (χ4n) is 7.25. The molecule has 7 nitrogen and oxygen atoms in total. The summed E-state index contributed by atoms with van der Waals surface area (Å²) in [6, 6.07) is 3.30. The molecule has 4 aliphatic rings. The van der Waals surface area contributed by atoms with Crippen molar-refractivity contribution in [2.75, 3.05) is 38.5 Å². The summed E-state index contributed by atoms with van der Waals surface area (Å²) >= 11 is 1.63. The molecular formula is C27H34F4N6OS. The van der Waals surface area contributed by atoms with Gasteiger partial charge in [0.15, 0.2) is 0 Å². The smallest absolute Gasteiger partial charge is 0.325 e. The molecule has 1 aromatic heterocycles. The maximum atomic E-state index is 13.8. The average molecular weight is 567 g/mol. The average Bonchev–Trinajstić information content (AvgIpc) is 3.34. The zero-order valence-electron chi connectivity index (χ0n) is 21.9. The van der Waals surface area contributed by atoms with Gasteiger partial charge >= 0.3 is 12.2 Å². The monoisotopic (exact) mass is 566 g/mol. The summed E-state index contributed by atoms with van der Waals surface area (Å²) in [5.41, 5.74) is 4.34. The van der Waals surface area contributed by atoms with Crippen LogP contribution in [-0.4, -0.2) is 77.1 Å². The number of piperazine rings is 1. The molecule has 0 radical (unpaired) electrons. The van der Waals surface area contributed by atoms with E-state index in [1.807, 2.05) is 11.1 Å². The van der Waals surface area contributed by atoms with Gasteiger partial charge in [-0.05, 0) is 63.3 Å². The van der Waals surface area contributed by atoms with Gasteiger partial charge in [0.25, 0.3) is 0 Å². The second-order valence-corrected chi connectivity index (χ2v) is 12.7. The van der Waals surface area contributed by atoms with Crippen LogP contribution in [0.4, 0.5) is 28.0 Å². The molecular weight excluding hydrogens is 532 g/mol. The van der Waals surface area contributed by atoms with Crippen LogP contribution in [0.25, 0.3) is 0 Å². The van der Waals surface area contributed by atoms with Gasteiger partial charge < -0.3 is 20.9 Å². The summed E-state index contributed by atoms with van der Waals surface area (Å²) in [5.74, 6) is -1.08. The second-order valence-electron chi connectivity index (χ2n) is 11.5. The van der Waals surface area contributed by atoms with Crippen molar-refractivity contribution in [1.29, 1.82) is 0 Å².